The molecule has 1 aromatic carbocycles. The van der Waals surface area contributed by atoms with Crippen molar-refractivity contribution in [3.05, 3.63) is 28.3 Å². The van der Waals surface area contributed by atoms with E-state index in [4.69, 9.17) is 9.47 Å². The first kappa shape index (κ1) is 22.5. The molecule has 0 radical (unpaired) electrons. The lowest BCUT2D eigenvalue weighted by Gasteiger charge is -2.30. The van der Waals surface area contributed by atoms with Crippen LogP contribution in [0.25, 0.3) is 0 Å². The van der Waals surface area contributed by atoms with Gasteiger partial charge in [-0.15, -0.1) is 0 Å². The average molecular weight is 416 g/mol. The van der Waals surface area contributed by atoms with Crippen LogP contribution in [0.4, 0.5) is 11.4 Å². The molecule has 1 heterocycles. The number of rotatable bonds is 10. The molecule has 1 unspecified atom stereocenters. The Balaban J connectivity index is 2.39. The van der Waals surface area contributed by atoms with Crippen LogP contribution in [0.1, 0.15) is 19.8 Å². The number of benzene rings is 1. The molecule has 1 aliphatic rings. The first-order valence-corrected chi connectivity index (χ1v) is 10.8. The number of ether oxygens (including phenoxy) is 2. The molecule has 28 heavy (non-hydrogen) atoms. The zero-order valence-electron chi connectivity index (χ0n) is 16.7. The molecule has 0 spiro atoms. The van der Waals surface area contributed by atoms with Crippen LogP contribution >= 0.6 is 0 Å². The number of nitro benzene ring substituents is 1. The molecule has 0 amide bonds. The lowest BCUT2D eigenvalue weighted by Crippen LogP contribution is -2.39. The minimum Gasteiger partial charge on any atom is -0.383 e. The van der Waals surface area contributed by atoms with Gasteiger partial charge in [0.1, 0.15) is 5.69 Å². The summed E-state index contributed by atoms with van der Waals surface area (Å²) in [7, 11) is -0.659. The summed E-state index contributed by atoms with van der Waals surface area (Å²) in [5, 5.41) is 11.7. The van der Waals surface area contributed by atoms with Gasteiger partial charge in [-0.3, -0.25) is 10.1 Å². The lowest BCUT2D eigenvalue weighted by atomic mass is 10.0. The fraction of sp³-hybridized carbons (Fsp3) is 0.667. The summed E-state index contributed by atoms with van der Waals surface area (Å²) in [6.45, 7) is 4.50. The summed E-state index contributed by atoms with van der Waals surface area (Å²) in [5.74, 6) is 0.274. The van der Waals surface area contributed by atoms with Gasteiger partial charge >= 0.3 is 0 Å². The summed E-state index contributed by atoms with van der Waals surface area (Å²) in [6.07, 6.45) is 1.78. The number of methoxy groups -OCH3 is 2. The Labute approximate surface area is 166 Å². The molecule has 9 nitrogen and oxygen atoms in total. The second-order valence-electron chi connectivity index (χ2n) is 6.99. The van der Waals surface area contributed by atoms with Crippen molar-refractivity contribution in [3.63, 3.8) is 0 Å². The molecule has 0 N–H and O–H groups in total. The number of hydrogen-bond donors (Lipinski definition) is 0. The molecule has 1 saturated heterocycles. The van der Waals surface area contributed by atoms with E-state index in [9.17, 15) is 18.5 Å². The Kier molecular flexibility index (Phi) is 8.17. The van der Waals surface area contributed by atoms with E-state index >= 15 is 0 Å². The smallest absolute Gasteiger partial charge is 0.293 e. The van der Waals surface area contributed by atoms with E-state index in [-0.39, 0.29) is 16.5 Å². The van der Waals surface area contributed by atoms with Crippen LogP contribution < -0.4 is 4.90 Å². The van der Waals surface area contributed by atoms with E-state index < -0.39 is 14.9 Å². The van der Waals surface area contributed by atoms with Gasteiger partial charge in [-0.1, -0.05) is 6.92 Å². The third-order valence-corrected chi connectivity index (χ3v) is 6.73. The van der Waals surface area contributed by atoms with Crippen molar-refractivity contribution >= 4 is 21.4 Å². The molecule has 0 aromatic heterocycles. The van der Waals surface area contributed by atoms with Crippen LogP contribution in [0.5, 0.6) is 0 Å². The highest BCUT2D eigenvalue weighted by atomic mass is 32.2. The van der Waals surface area contributed by atoms with Crippen LogP contribution in [-0.4, -0.2) is 71.3 Å². The number of piperidine rings is 1. The number of nitrogens with zero attached hydrogens (tertiary/aromatic N) is 3. The van der Waals surface area contributed by atoms with Gasteiger partial charge in [-0.05, 0) is 30.9 Å². The van der Waals surface area contributed by atoms with Gasteiger partial charge < -0.3 is 14.4 Å². The number of sulfonamides is 1. The van der Waals surface area contributed by atoms with Crippen LogP contribution in [0.3, 0.4) is 0 Å². The predicted molar refractivity (Wildman–Crippen MR) is 106 cm³/mol. The Morgan fingerprint density at radius 1 is 1.25 bits per heavy atom. The van der Waals surface area contributed by atoms with Crippen molar-refractivity contribution in [2.75, 3.05) is 58.5 Å². The van der Waals surface area contributed by atoms with E-state index in [0.29, 0.717) is 45.1 Å². The minimum atomic E-state index is -3.77. The van der Waals surface area contributed by atoms with E-state index in [1.807, 2.05) is 6.92 Å². The van der Waals surface area contributed by atoms with E-state index in [2.05, 4.69) is 0 Å². The average Bonchev–Trinajstić information content (AvgIpc) is 2.67. The van der Waals surface area contributed by atoms with Gasteiger partial charge in [0.05, 0.1) is 23.0 Å². The lowest BCUT2D eigenvalue weighted by molar-refractivity contribution is -0.384. The van der Waals surface area contributed by atoms with Gasteiger partial charge in [0.2, 0.25) is 10.0 Å². The van der Waals surface area contributed by atoms with E-state index in [0.717, 1.165) is 18.9 Å². The fourth-order valence-corrected chi connectivity index (χ4v) is 4.97. The second-order valence-corrected chi connectivity index (χ2v) is 8.93. The zero-order chi connectivity index (χ0) is 20.7. The van der Waals surface area contributed by atoms with Gasteiger partial charge in [0.25, 0.3) is 5.69 Å². The van der Waals surface area contributed by atoms with Crippen molar-refractivity contribution in [2.24, 2.45) is 5.92 Å². The molecular formula is C18H29N3O6S. The van der Waals surface area contributed by atoms with Crippen LogP contribution in [0.15, 0.2) is 23.1 Å². The Morgan fingerprint density at radius 2 is 1.89 bits per heavy atom. The molecule has 158 valence electrons. The van der Waals surface area contributed by atoms with E-state index in [1.165, 1.54) is 16.4 Å². The molecule has 10 heteroatoms. The molecule has 1 aliphatic heterocycles. The molecule has 0 bridgehead atoms. The molecule has 1 fully saturated rings. The quantitative estimate of drug-likeness (QED) is 0.426. The SMILES string of the molecule is COCCN(CCOC)c1ccc(S(=O)(=O)N2CCCC(C)C2)cc1[N+](=O)[O-]. The van der Waals surface area contributed by atoms with Crippen LogP contribution in [0.2, 0.25) is 0 Å². The highest BCUT2D eigenvalue weighted by Crippen LogP contribution is 2.33. The van der Waals surface area contributed by atoms with Crippen LogP contribution in [-0.2, 0) is 19.5 Å². The largest absolute Gasteiger partial charge is 0.383 e. The van der Waals surface area contributed by atoms with E-state index in [1.54, 1.807) is 19.1 Å². The van der Waals surface area contributed by atoms with Crippen molar-refractivity contribution in [3.8, 4) is 0 Å². The maximum Gasteiger partial charge on any atom is 0.293 e. The summed E-state index contributed by atoms with van der Waals surface area (Å²) in [6, 6.07) is 4.11. The van der Waals surface area contributed by atoms with Gasteiger partial charge in [0, 0.05) is 46.5 Å². The maximum atomic E-state index is 13.0. The minimum absolute atomic E-state index is 0.0458. The highest BCUT2D eigenvalue weighted by molar-refractivity contribution is 7.89. The summed E-state index contributed by atoms with van der Waals surface area (Å²) < 4.78 is 37.6. The Morgan fingerprint density at radius 3 is 2.43 bits per heavy atom. The fourth-order valence-electron chi connectivity index (χ4n) is 3.35. The van der Waals surface area contributed by atoms with Crippen molar-refractivity contribution in [2.45, 2.75) is 24.7 Å². The zero-order valence-corrected chi connectivity index (χ0v) is 17.5. The second kappa shape index (κ2) is 10.1. The molecule has 0 aliphatic carbocycles. The normalized spacial score (nSPS) is 18.2. The van der Waals surface area contributed by atoms with Gasteiger partial charge in [-0.2, -0.15) is 4.31 Å². The highest BCUT2D eigenvalue weighted by Gasteiger charge is 2.31. The van der Waals surface area contributed by atoms with Crippen molar-refractivity contribution < 1.29 is 22.8 Å². The van der Waals surface area contributed by atoms with Crippen molar-refractivity contribution in [1.29, 1.82) is 0 Å². The number of anilines is 1. The summed E-state index contributed by atoms with van der Waals surface area (Å²) >= 11 is 0. The van der Waals surface area contributed by atoms with Crippen LogP contribution in [0, 0.1) is 16.0 Å². The monoisotopic (exact) mass is 415 g/mol. The van der Waals surface area contributed by atoms with Gasteiger partial charge in [0.15, 0.2) is 0 Å². The summed E-state index contributed by atoms with van der Waals surface area (Å²) in [5.41, 5.74) is 0.114. The first-order chi connectivity index (χ1) is 13.3. The van der Waals surface area contributed by atoms with Crippen molar-refractivity contribution in [1.82, 2.24) is 4.31 Å². The standard InChI is InChI=1S/C18H29N3O6S/c1-15-5-4-8-20(14-15)28(24,25)16-6-7-17(18(13-16)21(22)23)19(9-11-26-2)10-12-27-3/h6-7,13,15H,4-5,8-12,14H2,1-3H3. The van der Waals surface area contributed by atoms with Gasteiger partial charge in [-0.25, -0.2) is 8.42 Å². The molecule has 2 rings (SSSR count). The number of hydrogen-bond acceptors (Lipinski definition) is 7. The predicted octanol–water partition coefficient (Wildman–Crippen LogP) is 2.11. The molecule has 1 aromatic rings. The first-order valence-electron chi connectivity index (χ1n) is 9.32. The topological polar surface area (TPSA) is 102 Å². The third-order valence-electron chi connectivity index (χ3n) is 4.87. The number of nitro groups is 1. The molecular weight excluding hydrogens is 386 g/mol. The molecule has 0 saturated carbocycles. The Hall–Kier alpha value is -1.75. The maximum absolute atomic E-state index is 13.0. The molecule has 1 atom stereocenters. The summed E-state index contributed by atoms with van der Waals surface area (Å²) in [4.78, 5) is 12.9. The Bertz CT molecular complexity index is 763. The third kappa shape index (κ3) is 5.40.